The second kappa shape index (κ2) is 9.02. The highest BCUT2D eigenvalue weighted by molar-refractivity contribution is 5.68. The smallest absolute Gasteiger partial charge is 0.407 e. The van der Waals surface area contributed by atoms with Crippen molar-refractivity contribution in [1.82, 2.24) is 5.32 Å². The number of amides is 1. The Labute approximate surface area is 150 Å². The first-order chi connectivity index (χ1) is 12.4. The molecule has 0 radical (unpaired) electrons. The molecule has 140 valence electrons. The van der Waals surface area contributed by atoms with Crippen molar-refractivity contribution in [1.29, 1.82) is 0 Å². The molecular formula is C18H22FN3O4. The number of alkyl carbamates (subject to hydrolysis) is 1. The minimum atomic E-state index is -1.44. The molecule has 0 aliphatic heterocycles. The zero-order valence-electron chi connectivity index (χ0n) is 14.1. The number of aliphatic hydroxyl groups is 2. The van der Waals surface area contributed by atoms with Gasteiger partial charge in [0.25, 0.3) is 0 Å². The van der Waals surface area contributed by atoms with E-state index >= 15 is 0 Å². The van der Waals surface area contributed by atoms with Gasteiger partial charge in [0.15, 0.2) is 0 Å². The predicted molar refractivity (Wildman–Crippen MR) is 95.4 cm³/mol. The van der Waals surface area contributed by atoms with Gasteiger partial charge in [0.2, 0.25) is 0 Å². The summed E-state index contributed by atoms with van der Waals surface area (Å²) in [7, 11) is 0. The molecule has 2 unspecified atom stereocenters. The van der Waals surface area contributed by atoms with Crippen LogP contribution in [0.5, 0.6) is 0 Å². The summed E-state index contributed by atoms with van der Waals surface area (Å²) in [5, 5.41) is 22.6. The van der Waals surface area contributed by atoms with Crippen LogP contribution >= 0.6 is 0 Å². The van der Waals surface area contributed by atoms with Gasteiger partial charge in [-0.1, -0.05) is 30.3 Å². The third-order valence-corrected chi connectivity index (χ3v) is 3.81. The number of ether oxygens (including phenoxy) is 1. The Kier molecular flexibility index (Phi) is 6.76. The van der Waals surface area contributed by atoms with Gasteiger partial charge in [0, 0.05) is 12.1 Å². The molecule has 2 aromatic rings. The number of nitrogen functional groups attached to an aromatic ring is 2. The lowest BCUT2D eigenvalue weighted by atomic mass is 9.99. The molecule has 0 aliphatic rings. The van der Waals surface area contributed by atoms with Crippen LogP contribution in [-0.2, 0) is 11.3 Å². The van der Waals surface area contributed by atoms with Crippen LogP contribution in [0.4, 0.5) is 20.6 Å². The molecule has 8 heteroatoms. The number of anilines is 2. The fourth-order valence-electron chi connectivity index (χ4n) is 2.37. The Morgan fingerprint density at radius 3 is 2.58 bits per heavy atom. The van der Waals surface area contributed by atoms with Gasteiger partial charge >= 0.3 is 6.09 Å². The summed E-state index contributed by atoms with van der Waals surface area (Å²) in [6.07, 6.45) is -3.34. The van der Waals surface area contributed by atoms with Gasteiger partial charge in [0.05, 0.1) is 17.5 Å². The number of hydrogen-bond acceptors (Lipinski definition) is 6. The predicted octanol–water partition coefficient (Wildman–Crippen LogP) is 1.70. The summed E-state index contributed by atoms with van der Waals surface area (Å²) in [6, 6.07) is 11.2. The van der Waals surface area contributed by atoms with Gasteiger partial charge in [-0.3, -0.25) is 0 Å². The van der Waals surface area contributed by atoms with Crippen LogP contribution in [-0.4, -0.2) is 29.0 Å². The summed E-state index contributed by atoms with van der Waals surface area (Å²) in [5.41, 5.74) is 12.1. The minimum absolute atomic E-state index is 0.00153. The molecule has 2 aromatic carbocycles. The van der Waals surface area contributed by atoms with E-state index in [2.05, 4.69) is 5.32 Å². The molecule has 0 saturated heterocycles. The first-order valence-electron chi connectivity index (χ1n) is 8.03. The Hall–Kier alpha value is -2.84. The maximum atomic E-state index is 13.4. The van der Waals surface area contributed by atoms with Crippen LogP contribution in [0.1, 0.15) is 23.7 Å². The lowest BCUT2D eigenvalue weighted by molar-refractivity contribution is 0.0139. The molecule has 1 amide bonds. The summed E-state index contributed by atoms with van der Waals surface area (Å²) >= 11 is 0. The number of nitrogens with one attached hydrogen (secondary N) is 1. The van der Waals surface area contributed by atoms with Crippen molar-refractivity contribution in [2.75, 3.05) is 18.0 Å². The number of benzene rings is 2. The molecule has 2 rings (SSSR count). The van der Waals surface area contributed by atoms with Crippen LogP contribution in [0.15, 0.2) is 42.5 Å². The van der Waals surface area contributed by atoms with Crippen molar-refractivity contribution in [3.63, 3.8) is 0 Å². The third-order valence-electron chi connectivity index (χ3n) is 3.81. The van der Waals surface area contributed by atoms with E-state index in [9.17, 15) is 19.4 Å². The van der Waals surface area contributed by atoms with Crippen LogP contribution in [0.25, 0.3) is 0 Å². The number of rotatable bonds is 7. The molecule has 0 heterocycles. The number of aliphatic hydroxyl groups excluding tert-OH is 2. The van der Waals surface area contributed by atoms with Crippen molar-refractivity contribution in [3.05, 3.63) is 59.4 Å². The van der Waals surface area contributed by atoms with Crippen molar-refractivity contribution in [2.45, 2.75) is 25.2 Å². The number of halogens is 1. The lowest BCUT2D eigenvalue weighted by Gasteiger charge is -2.20. The second-order valence-corrected chi connectivity index (χ2v) is 5.79. The number of nitrogens with two attached hydrogens (primary N) is 2. The highest BCUT2D eigenvalue weighted by Crippen LogP contribution is 2.29. The topological polar surface area (TPSA) is 131 Å². The van der Waals surface area contributed by atoms with Crippen LogP contribution < -0.4 is 16.8 Å². The van der Waals surface area contributed by atoms with Crippen molar-refractivity contribution >= 4 is 17.5 Å². The first kappa shape index (κ1) is 19.5. The standard InChI is InChI=1S/C18H22FN3O4/c19-12-8-13(16(21)14(20)9-12)17(24)15(23)6-7-22-18(25)26-10-11-4-2-1-3-5-11/h1-5,8-9,15,17,23-24H,6-7,10,20-21H2,(H,22,25). The van der Waals surface area contributed by atoms with Gasteiger partial charge in [-0.25, -0.2) is 9.18 Å². The Morgan fingerprint density at radius 2 is 1.88 bits per heavy atom. The molecule has 7 N–H and O–H groups in total. The summed E-state index contributed by atoms with van der Waals surface area (Å²) in [4.78, 5) is 11.6. The largest absolute Gasteiger partial charge is 0.445 e. The van der Waals surface area contributed by atoms with Gasteiger partial charge in [0.1, 0.15) is 18.5 Å². The van der Waals surface area contributed by atoms with E-state index in [4.69, 9.17) is 16.2 Å². The highest BCUT2D eigenvalue weighted by Gasteiger charge is 2.22. The fourth-order valence-corrected chi connectivity index (χ4v) is 2.37. The normalized spacial score (nSPS) is 13.0. The van der Waals surface area contributed by atoms with Crippen molar-refractivity contribution < 1.29 is 24.1 Å². The molecule has 0 bridgehead atoms. The van der Waals surface area contributed by atoms with Crippen molar-refractivity contribution in [3.8, 4) is 0 Å². The number of carbonyl (C=O) groups is 1. The molecule has 7 nitrogen and oxygen atoms in total. The van der Waals surface area contributed by atoms with E-state index < -0.39 is 24.1 Å². The van der Waals surface area contributed by atoms with Crippen LogP contribution in [0, 0.1) is 5.82 Å². The van der Waals surface area contributed by atoms with E-state index in [1.807, 2.05) is 30.3 Å². The Morgan fingerprint density at radius 1 is 1.19 bits per heavy atom. The zero-order valence-corrected chi connectivity index (χ0v) is 14.1. The van der Waals surface area contributed by atoms with Gasteiger partial charge in [-0.2, -0.15) is 0 Å². The summed E-state index contributed by atoms with van der Waals surface area (Å²) < 4.78 is 18.4. The maximum absolute atomic E-state index is 13.4. The number of hydrogen-bond donors (Lipinski definition) is 5. The quantitative estimate of drug-likeness (QED) is 0.476. The third kappa shape index (κ3) is 5.33. The Bertz CT molecular complexity index is 743. The van der Waals surface area contributed by atoms with Crippen molar-refractivity contribution in [2.24, 2.45) is 0 Å². The van der Waals surface area contributed by atoms with Gasteiger partial charge in [-0.15, -0.1) is 0 Å². The molecule has 0 fully saturated rings. The molecule has 2 atom stereocenters. The van der Waals surface area contributed by atoms with E-state index in [1.54, 1.807) is 0 Å². The number of carbonyl (C=O) groups excluding carboxylic acids is 1. The van der Waals surface area contributed by atoms with E-state index in [1.165, 1.54) is 0 Å². The molecule has 0 saturated carbocycles. The van der Waals surface area contributed by atoms with E-state index in [0.717, 1.165) is 17.7 Å². The molecule has 0 aliphatic carbocycles. The molecule has 26 heavy (non-hydrogen) atoms. The van der Waals surface area contributed by atoms with Crippen LogP contribution in [0.2, 0.25) is 0 Å². The molecule has 0 aromatic heterocycles. The van der Waals surface area contributed by atoms with E-state index in [-0.39, 0.29) is 36.5 Å². The average Bonchev–Trinajstić information content (AvgIpc) is 2.63. The second-order valence-electron chi connectivity index (χ2n) is 5.79. The molecular weight excluding hydrogens is 341 g/mol. The SMILES string of the molecule is Nc1cc(F)cc(C(O)C(O)CCNC(=O)OCc2ccccc2)c1N. The first-order valence-corrected chi connectivity index (χ1v) is 8.03. The maximum Gasteiger partial charge on any atom is 0.407 e. The van der Waals surface area contributed by atoms with Gasteiger partial charge in [-0.05, 0) is 24.1 Å². The average molecular weight is 363 g/mol. The van der Waals surface area contributed by atoms with Crippen LogP contribution in [0.3, 0.4) is 0 Å². The van der Waals surface area contributed by atoms with E-state index in [0.29, 0.717) is 0 Å². The summed E-state index contributed by atoms with van der Waals surface area (Å²) in [6.45, 7) is 0.174. The van der Waals surface area contributed by atoms with Gasteiger partial charge < -0.3 is 31.7 Å². The highest BCUT2D eigenvalue weighted by atomic mass is 19.1. The summed E-state index contributed by atoms with van der Waals surface area (Å²) in [5.74, 6) is -0.666. The molecule has 0 spiro atoms. The Balaban J connectivity index is 1.79. The monoisotopic (exact) mass is 363 g/mol. The fraction of sp³-hybridized carbons (Fsp3) is 0.278. The lowest BCUT2D eigenvalue weighted by Crippen LogP contribution is -2.30. The zero-order chi connectivity index (χ0) is 19.1. The minimum Gasteiger partial charge on any atom is -0.445 e.